The van der Waals surface area contributed by atoms with Crippen LogP contribution in [0.25, 0.3) is 0 Å². The van der Waals surface area contributed by atoms with Crippen molar-refractivity contribution in [1.82, 2.24) is 14.6 Å². The van der Waals surface area contributed by atoms with Gasteiger partial charge in [0.25, 0.3) is 5.56 Å². The molecular weight excluding hydrogens is 428 g/mol. The molecule has 1 aromatic carbocycles. The van der Waals surface area contributed by atoms with Crippen LogP contribution in [0.4, 0.5) is 4.79 Å². The number of aromatic nitrogens is 2. The molecule has 0 aliphatic carbocycles. The van der Waals surface area contributed by atoms with E-state index in [1.165, 1.54) is 11.5 Å². The second-order valence-corrected chi connectivity index (χ2v) is 8.29. The summed E-state index contributed by atoms with van der Waals surface area (Å²) in [5, 5.41) is 0.750. The maximum Gasteiger partial charge on any atom is 0.348 e. The highest BCUT2D eigenvalue weighted by Gasteiger charge is 2.19. The molecule has 0 atom stereocenters. The summed E-state index contributed by atoms with van der Waals surface area (Å²) in [6, 6.07) is 5.23. The second-order valence-electron chi connectivity index (χ2n) is 8.29. The lowest BCUT2D eigenvalue weighted by molar-refractivity contribution is -0.174. The van der Waals surface area contributed by atoms with Gasteiger partial charge in [0, 0.05) is 24.6 Å². The van der Waals surface area contributed by atoms with Crippen molar-refractivity contribution in [2.45, 2.75) is 60.1 Å². The van der Waals surface area contributed by atoms with E-state index in [4.69, 9.17) is 15.3 Å². The molecule has 2 amide bonds. The van der Waals surface area contributed by atoms with Gasteiger partial charge in [0.15, 0.2) is 0 Å². The van der Waals surface area contributed by atoms with Gasteiger partial charge in [-0.25, -0.2) is 9.59 Å². The van der Waals surface area contributed by atoms with Gasteiger partial charge in [0.05, 0.1) is 13.2 Å². The van der Waals surface area contributed by atoms with Gasteiger partial charge >= 0.3 is 17.7 Å². The molecule has 0 unspecified atom stereocenters. The molecule has 2 aromatic rings. The van der Waals surface area contributed by atoms with Crippen molar-refractivity contribution in [1.29, 1.82) is 0 Å². The Morgan fingerprint density at radius 3 is 2.33 bits per heavy atom. The minimum Gasteiger partial charge on any atom is -0.361 e. The second kappa shape index (κ2) is 11.5. The Balaban J connectivity index is 2.23. The topological polar surface area (TPSA) is 137 Å². The largest absolute Gasteiger partial charge is 0.361 e. The van der Waals surface area contributed by atoms with E-state index < -0.39 is 23.2 Å². The maximum atomic E-state index is 12.6. The first-order chi connectivity index (χ1) is 15.5. The van der Waals surface area contributed by atoms with Crippen LogP contribution < -0.4 is 17.0 Å². The number of benzene rings is 1. The molecule has 2 rings (SSSR count). The fraction of sp³-hybridized carbons (Fsp3) is 0.478. The van der Waals surface area contributed by atoms with Crippen LogP contribution in [0.1, 0.15) is 61.1 Å². The third kappa shape index (κ3) is 7.31. The number of urea groups is 1. The minimum atomic E-state index is -0.889. The lowest BCUT2D eigenvalue weighted by Gasteiger charge is -2.20. The molecule has 0 radical (unpaired) electrons. The summed E-state index contributed by atoms with van der Waals surface area (Å²) in [6.07, 6.45) is 0.720. The number of amides is 2. The molecule has 10 heteroatoms. The summed E-state index contributed by atoms with van der Waals surface area (Å²) < 4.78 is 7.08. The molecule has 33 heavy (non-hydrogen) atoms. The summed E-state index contributed by atoms with van der Waals surface area (Å²) in [4.78, 5) is 54.7. The Morgan fingerprint density at radius 1 is 1.15 bits per heavy atom. The Morgan fingerprint density at radius 2 is 1.79 bits per heavy atom. The van der Waals surface area contributed by atoms with Gasteiger partial charge in [-0.1, -0.05) is 43.2 Å². The smallest absolute Gasteiger partial charge is 0.348 e. The number of ether oxygens (including phenoxy) is 1. The predicted octanol–water partition coefficient (Wildman–Crippen LogP) is 2.09. The molecule has 0 saturated heterocycles. The first-order valence-corrected chi connectivity index (χ1v) is 10.8. The Labute approximate surface area is 192 Å². The zero-order valence-corrected chi connectivity index (χ0v) is 19.8. The number of hydrogen-bond acceptors (Lipinski definition) is 6. The molecule has 1 aromatic heterocycles. The number of nitrogens with two attached hydrogens (primary N) is 1. The summed E-state index contributed by atoms with van der Waals surface area (Å²) in [5.74, 6) is -0.763. The van der Waals surface area contributed by atoms with Crippen molar-refractivity contribution in [3.05, 3.63) is 67.0 Å². The fourth-order valence-corrected chi connectivity index (χ4v) is 3.74. The van der Waals surface area contributed by atoms with E-state index in [9.17, 15) is 19.2 Å². The number of carbonyl (C=O) groups is 2. The number of nitrogens with one attached hydrogen (secondary N) is 1. The van der Waals surface area contributed by atoms with E-state index in [-0.39, 0.29) is 25.8 Å². The summed E-state index contributed by atoms with van der Waals surface area (Å²) in [7, 11) is 0. The first-order valence-electron chi connectivity index (χ1n) is 10.8. The monoisotopic (exact) mass is 460 g/mol. The molecule has 3 N–H and O–H groups in total. The van der Waals surface area contributed by atoms with E-state index in [0.717, 1.165) is 21.8 Å². The van der Waals surface area contributed by atoms with E-state index in [1.54, 1.807) is 0 Å². The molecular formula is C23H32N4O6. The standard InChI is InChI=1S/C23H32N4O6/c1-14(2)20-19(12-18-10-15(3)9-16(4)11-18)26(23(31)25-21(20)29)13-32-8-6-7-27(22(24)30)33-17(5)28/h9-11,14H,6-8,12-13H2,1-5H3,(H2,24,30)(H,25,29,31). The van der Waals surface area contributed by atoms with Crippen molar-refractivity contribution in [3.8, 4) is 0 Å². The van der Waals surface area contributed by atoms with Crippen molar-refractivity contribution in [2.24, 2.45) is 5.73 Å². The molecule has 0 spiro atoms. The third-order valence-corrected chi connectivity index (χ3v) is 4.93. The molecule has 0 bridgehead atoms. The third-order valence-electron chi connectivity index (χ3n) is 4.93. The SMILES string of the molecule is CC(=O)ON(CCCOCn1c(Cc2cc(C)cc(C)c2)c(C(C)C)c(=O)[nH]c1=O)C(N)=O. The van der Waals surface area contributed by atoms with Gasteiger partial charge in [-0.05, 0) is 31.7 Å². The lowest BCUT2D eigenvalue weighted by atomic mass is 9.96. The lowest BCUT2D eigenvalue weighted by Crippen LogP contribution is -2.38. The zero-order valence-electron chi connectivity index (χ0n) is 19.8. The highest BCUT2D eigenvalue weighted by molar-refractivity contribution is 5.74. The van der Waals surface area contributed by atoms with Crippen LogP contribution in [0.3, 0.4) is 0 Å². The average molecular weight is 461 g/mol. The first kappa shape index (κ1) is 25.9. The normalized spacial score (nSPS) is 11.0. The molecule has 0 fully saturated rings. The van der Waals surface area contributed by atoms with Gasteiger partial charge in [-0.2, -0.15) is 5.06 Å². The molecule has 1 heterocycles. The number of H-pyrrole nitrogens is 1. The number of hydroxylamine groups is 2. The van der Waals surface area contributed by atoms with E-state index in [1.807, 2.05) is 39.8 Å². The summed E-state index contributed by atoms with van der Waals surface area (Å²) >= 11 is 0. The minimum absolute atomic E-state index is 0.0438. The van der Waals surface area contributed by atoms with Gasteiger partial charge in [0.2, 0.25) is 0 Å². The number of carbonyl (C=O) groups excluding carboxylic acids is 2. The number of hydrogen-bond donors (Lipinski definition) is 2. The van der Waals surface area contributed by atoms with Crippen LogP contribution in [0.5, 0.6) is 0 Å². The van der Waals surface area contributed by atoms with Crippen molar-refractivity contribution in [3.63, 3.8) is 0 Å². The molecule has 0 aliphatic rings. The van der Waals surface area contributed by atoms with Crippen LogP contribution in [-0.4, -0.2) is 39.8 Å². The zero-order chi connectivity index (χ0) is 24.7. The van der Waals surface area contributed by atoms with Gasteiger partial charge < -0.3 is 15.3 Å². The Hall–Kier alpha value is -3.40. The number of nitrogens with zero attached hydrogens (tertiary/aromatic N) is 2. The maximum absolute atomic E-state index is 12.6. The number of aryl methyl sites for hydroxylation is 2. The predicted molar refractivity (Wildman–Crippen MR) is 123 cm³/mol. The average Bonchev–Trinajstić information content (AvgIpc) is 2.67. The van der Waals surface area contributed by atoms with E-state index in [0.29, 0.717) is 24.1 Å². The van der Waals surface area contributed by atoms with Crippen LogP contribution in [0.15, 0.2) is 27.8 Å². The molecule has 180 valence electrons. The van der Waals surface area contributed by atoms with Crippen molar-refractivity contribution in [2.75, 3.05) is 13.2 Å². The highest BCUT2D eigenvalue weighted by atomic mass is 16.7. The van der Waals surface area contributed by atoms with Crippen LogP contribution >= 0.6 is 0 Å². The molecule has 10 nitrogen and oxygen atoms in total. The molecule has 0 aliphatic heterocycles. The van der Waals surface area contributed by atoms with E-state index in [2.05, 4.69) is 11.1 Å². The van der Waals surface area contributed by atoms with Crippen molar-refractivity contribution >= 4 is 12.0 Å². The van der Waals surface area contributed by atoms with Gasteiger partial charge in [-0.15, -0.1) is 0 Å². The van der Waals surface area contributed by atoms with Crippen molar-refractivity contribution < 1.29 is 19.2 Å². The van der Waals surface area contributed by atoms with Gasteiger partial charge in [-0.3, -0.25) is 19.1 Å². The number of primary amides is 1. The van der Waals surface area contributed by atoms with Crippen LogP contribution in [-0.2, 0) is 27.5 Å². The summed E-state index contributed by atoms with van der Waals surface area (Å²) in [6.45, 7) is 9.09. The number of rotatable bonds is 9. The fourth-order valence-electron chi connectivity index (χ4n) is 3.74. The van der Waals surface area contributed by atoms with Crippen LogP contribution in [0, 0.1) is 13.8 Å². The summed E-state index contributed by atoms with van der Waals surface area (Å²) in [5.41, 5.74) is 8.54. The number of aromatic amines is 1. The quantitative estimate of drug-likeness (QED) is 0.434. The Bertz CT molecular complexity index is 1100. The van der Waals surface area contributed by atoms with E-state index >= 15 is 0 Å². The van der Waals surface area contributed by atoms with Gasteiger partial charge in [0.1, 0.15) is 6.73 Å². The van der Waals surface area contributed by atoms with Crippen LogP contribution in [0.2, 0.25) is 0 Å². The Kier molecular flexibility index (Phi) is 8.98. The molecule has 0 saturated carbocycles. The highest BCUT2D eigenvalue weighted by Crippen LogP contribution is 2.19.